The molecule has 2 aliphatic heterocycles. The van der Waals surface area contributed by atoms with Gasteiger partial charge in [-0.2, -0.15) is 0 Å². The molecular weight excluding hydrogens is 412 g/mol. The molecule has 1 saturated carbocycles. The van der Waals surface area contributed by atoms with Crippen LogP contribution in [0.2, 0.25) is 0 Å². The van der Waals surface area contributed by atoms with E-state index in [2.05, 4.69) is 67.2 Å². The second kappa shape index (κ2) is 9.98. The number of hydrogen-bond donors (Lipinski definition) is 1. The van der Waals surface area contributed by atoms with E-state index in [4.69, 9.17) is 0 Å². The van der Waals surface area contributed by atoms with Crippen LogP contribution in [0.15, 0.2) is 36.7 Å². The summed E-state index contributed by atoms with van der Waals surface area (Å²) in [6, 6.07) is 11.3. The lowest BCUT2D eigenvalue weighted by Crippen LogP contribution is -2.49. The third kappa shape index (κ3) is 5.75. The summed E-state index contributed by atoms with van der Waals surface area (Å²) in [5.41, 5.74) is 2.55. The van der Waals surface area contributed by atoms with Gasteiger partial charge in [-0.05, 0) is 62.6 Å². The Kier molecular flexibility index (Phi) is 6.65. The zero-order valence-electron chi connectivity index (χ0n) is 19.7. The highest BCUT2D eigenvalue weighted by atomic mass is 16.2. The number of benzene rings is 1. The molecule has 0 spiro atoms. The maximum Gasteiger partial charge on any atom is 0.222 e. The van der Waals surface area contributed by atoms with Gasteiger partial charge in [0.05, 0.1) is 0 Å². The summed E-state index contributed by atoms with van der Waals surface area (Å²) in [6.07, 6.45) is 8.11. The van der Waals surface area contributed by atoms with E-state index < -0.39 is 0 Å². The average Bonchev–Trinajstić information content (AvgIpc) is 3.67. The van der Waals surface area contributed by atoms with Gasteiger partial charge in [-0.3, -0.25) is 4.79 Å². The van der Waals surface area contributed by atoms with Gasteiger partial charge in [0.1, 0.15) is 18.0 Å². The van der Waals surface area contributed by atoms with Gasteiger partial charge in [-0.25, -0.2) is 9.97 Å². The van der Waals surface area contributed by atoms with E-state index in [0.29, 0.717) is 24.3 Å². The maximum absolute atomic E-state index is 12.9. The molecule has 0 bridgehead atoms. The first kappa shape index (κ1) is 22.0. The fourth-order valence-corrected chi connectivity index (χ4v) is 5.07. The molecule has 7 nitrogen and oxygen atoms in total. The van der Waals surface area contributed by atoms with Crippen molar-refractivity contribution < 1.29 is 4.79 Å². The number of piperazine rings is 1. The highest BCUT2D eigenvalue weighted by Crippen LogP contribution is 2.28. The quantitative estimate of drug-likeness (QED) is 0.697. The third-order valence-corrected chi connectivity index (χ3v) is 7.19. The molecule has 33 heavy (non-hydrogen) atoms. The molecule has 3 heterocycles. The second-order valence-corrected chi connectivity index (χ2v) is 9.88. The van der Waals surface area contributed by atoms with Gasteiger partial charge in [0, 0.05) is 63.5 Å². The number of hydrogen-bond acceptors (Lipinski definition) is 6. The van der Waals surface area contributed by atoms with Gasteiger partial charge in [-0.15, -0.1) is 0 Å². The van der Waals surface area contributed by atoms with Gasteiger partial charge in [0.15, 0.2) is 0 Å². The molecule has 1 N–H and O–H groups in total. The van der Waals surface area contributed by atoms with Crippen LogP contribution in [0.5, 0.6) is 0 Å². The topological polar surface area (TPSA) is 64.6 Å². The molecule has 1 aromatic heterocycles. The SMILES string of the molecule is Cc1cccc(N2CCN(C(=O)CC[C@H]3CCCN(c4cc(NC5CC5)ncn4)C3)CC2)c1. The second-order valence-electron chi connectivity index (χ2n) is 9.88. The lowest BCUT2D eigenvalue weighted by Gasteiger charge is -2.37. The summed E-state index contributed by atoms with van der Waals surface area (Å²) in [6.45, 7) is 7.61. The third-order valence-electron chi connectivity index (χ3n) is 7.19. The normalized spacial score (nSPS) is 21.2. The zero-order valence-corrected chi connectivity index (χ0v) is 19.7. The van der Waals surface area contributed by atoms with Crippen molar-refractivity contribution >= 4 is 23.2 Å². The van der Waals surface area contributed by atoms with E-state index in [1.54, 1.807) is 6.33 Å². The summed E-state index contributed by atoms with van der Waals surface area (Å²) in [7, 11) is 0. The lowest BCUT2D eigenvalue weighted by atomic mass is 9.93. The van der Waals surface area contributed by atoms with Gasteiger partial charge in [0.2, 0.25) is 5.91 Å². The number of nitrogens with one attached hydrogen (secondary N) is 1. The molecule has 0 unspecified atom stereocenters. The molecule has 3 aliphatic rings. The molecule has 7 heteroatoms. The fraction of sp³-hybridized carbons (Fsp3) is 0.577. The highest BCUT2D eigenvalue weighted by molar-refractivity contribution is 5.76. The van der Waals surface area contributed by atoms with Crippen LogP contribution in [0.25, 0.3) is 0 Å². The Morgan fingerprint density at radius 1 is 1.03 bits per heavy atom. The number of aryl methyl sites for hydroxylation is 1. The number of carbonyl (C=O) groups excluding carboxylic acids is 1. The minimum Gasteiger partial charge on any atom is -0.368 e. The Labute approximate surface area is 197 Å². The number of anilines is 3. The number of carbonyl (C=O) groups is 1. The molecule has 2 aromatic rings. The molecular formula is C26H36N6O. The van der Waals surface area contributed by atoms with E-state index in [-0.39, 0.29) is 0 Å². The van der Waals surface area contributed by atoms with Crippen molar-refractivity contribution in [3.05, 3.63) is 42.2 Å². The van der Waals surface area contributed by atoms with Gasteiger partial charge in [0.25, 0.3) is 0 Å². The van der Waals surface area contributed by atoms with Crippen molar-refractivity contribution in [3.8, 4) is 0 Å². The first-order valence-electron chi connectivity index (χ1n) is 12.6. The number of nitrogens with zero attached hydrogens (tertiary/aromatic N) is 5. The monoisotopic (exact) mass is 448 g/mol. The van der Waals surface area contributed by atoms with Gasteiger partial charge >= 0.3 is 0 Å². The van der Waals surface area contributed by atoms with E-state index in [9.17, 15) is 4.79 Å². The van der Waals surface area contributed by atoms with Crippen LogP contribution in [0.4, 0.5) is 17.3 Å². The molecule has 2 saturated heterocycles. The smallest absolute Gasteiger partial charge is 0.222 e. The predicted octanol–water partition coefficient (Wildman–Crippen LogP) is 3.70. The Morgan fingerprint density at radius 3 is 2.67 bits per heavy atom. The number of rotatable bonds is 7. The minimum atomic E-state index is 0.314. The highest BCUT2D eigenvalue weighted by Gasteiger charge is 2.26. The summed E-state index contributed by atoms with van der Waals surface area (Å²) < 4.78 is 0. The summed E-state index contributed by atoms with van der Waals surface area (Å²) in [4.78, 5) is 28.6. The van der Waals surface area contributed by atoms with Gasteiger partial charge in [-0.1, -0.05) is 12.1 Å². The minimum absolute atomic E-state index is 0.314. The van der Waals surface area contributed by atoms with Crippen molar-refractivity contribution in [2.75, 3.05) is 54.4 Å². The lowest BCUT2D eigenvalue weighted by molar-refractivity contribution is -0.131. The van der Waals surface area contributed by atoms with Crippen molar-refractivity contribution in [1.29, 1.82) is 0 Å². The van der Waals surface area contributed by atoms with E-state index in [1.807, 2.05) is 0 Å². The van der Waals surface area contributed by atoms with Crippen LogP contribution in [0.1, 0.15) is 44.1 Å². The summed E-state index contributed by atoms with van der Waals surface area (Å²) in [5.74, 6) is 2.81. The molecule has 1 amide bonds. The number of piperidine rings is 1. The molecule has 5 rings (SSSR count). The largest absolute Gasteiger partial charge is 0.368 e. The van der Waals surface area contributed by atoms with E-state index in [1.165, 1.54) is 30.5 Å². The molecule has 0 radical (unpaired) electrons. The fourth-order valence-electron chi connectivity index (χ4n) is 5.07. The van der Waals surface area contributed by atoms with Gasteiger partial charge < -0.3 is 20.0 Å². The van der Waals surface area contributed by atoms with Crippen LogP contribution in [0, 0.1) is 12.8 Å². The number of aromatic nitrogens is 2. The Hall–Kier alpha value is -2.83. The Balaban J connectivity index is 1.08. The Bertz CT molecular complexity index is 953. The summed E-state index contributed by atoms with van der Waals surface area (Å²) in [5, 5.41) is 3.47. The zero-order chi connectivity index (χ0) is 22.6. The van der Waals surface area contributed by atoms with E-state index in [0.717, 1.165) is 63.7 Å². The van der Waals surface area contributed by atoms with Crippen LogP contribution in [-0.4, -0.2) is 66.1 Å². The number of amides is 1. The average molecular weight is 449 g/mol. The summed E-state index contributed by atoms with van der Waals surface area (Å²) >= 11 is 0. The van der Waals surface area contributed by atoms with Crippen LogP contribution in [0.3, 0.4) is 0 Å². The predicted molar refractivity (Wildman–Crippen MR) is 133 cm³/mol. The first-order chi connectivity index (χ1) is 16.1. The molecule has 176 valence electrons. The maximum atomic E-state index is 12.9. The molecule has 1 aromatic carbocycles. The van der Waals surface area contributed by atoms with Crippen LogP contribution >= 0.6 is 0 Å². The first-order valence-corrected chi connectivity index (χ1v) is 12.6. The van der Waals surface area contributed by atoms with Crippen molar-refractivity contribution in [2.24, 2.45) is 5.92 Å². The Morgan fingerprint density at radius 2 is 1.88 bits per heavy atom. The molecule has 3 fully saturated rings. The molecule has 1 aliphatic carbocycles. The molecule has 1 atom stereocenters. The van der Waals surface area contributed by atoms with Crippen LogP contribution in [-0.2, 0) is 4.79 Å². The van der Waals surface area contributed by atoms with Crippen molar-refractivity contribution in [1.82, 2.24) is 14.9 Å². The standard InChI is InChI=1S/C26H36N6O/c1-20-4-2-6-23(16-20)30-12-14-31(15-13-30)26(33)10-7-21-5-3-11-32(18-21)25-17-24(27-19-28-25)29-22-8-9-22/h2,4,6,16-17,19,21-22H,3,5,7-15,18H2,1H3,(H,27,28,29)/t21-/m1/s1. The van der Waals surface area contributed by atoms with Crippen molar-refractivity contribution in [2.45, 2.75) is 51.5 Å². The van der Waals surface area contributed by atoms with Crippen LogP contribution < -0.4 is 15.1 Å². The van der Waals surface area contributed by atoms with E-state index >= 15 is 0 Å². The van der Waals surface area contributed by atoms with Crippen molar-refractivity contribution in [3.63, 3.8) is 0 Å².